The van der Waals surface area contributed by atoms with E-state index in [2.05, 4.69) is 20.5 Å². The van der Waals surface area contributed by atoms with Gasteiger partial charge in [0.1, 0.15) is 6.61 Å². The molecule has 0 spiro atoms. The van der Waals surface area contributed by atoms with Crippen LogP contribution < -0.4 is 14.9 Å². The van der Waals surface area contributed by atoms with Crippen molar-refractivity contribution in [1.82, 2.24) is 15.4 Å². The van der Waals surface area contributed by atoms with Crippen LogP contribution in [-0.2, 0) is 11.4 Å². The van der Waals surface area contributed by atoms with Gasteiger partial charge in [0.2, 0.25) is 0 Å². The molecule has 3 aromatic carbocycles. The van der Waals surface area contributed by atoms with Gasteiger partial charge in [-0.2, -0.15) is 5.10 Å². The Hall–Kier alpha value is -3.78. The van der Waals surface area contributed by atoms with Gasteiger partial charge in [0.25, 0.3) is 5.91 Å². The number of hydrazone groups is 1. The molecule has 4 rings (SSSR count). The summed E-state index contributed by atoms with van der Waals surface area (Å²) in [6.45, 7) is 0.448. The summed E-state index contributed by atoms with van der Waals surface area (Å²) < 4.78 is 11.3. The quantitative estimate of drug-likeness (QED) is 0.226. The molecule has 1 heterocycles. The molecule has 0 unspecified atom stereocenters. The number of carbonyl (C=O) groups is 1. The van der Waals surface area contributed by atoms with Crippen LogP contribution in [0.5, 0.6) is 11.5 Å². The molecule has 0 aliphatic carbocycles. The Bertz CT molecular complexity index is 1190. The first-order valence-corrected chi connectivity index (χ1v) is 10.9. The van der Waals surface area contributed by atoms with E-state index in [0.29, 0.717) is 23.3 Å². The third-order valence-corrected chi connectivity index (χ3v) is 5.41. The average Bonchev–Trinajstić information content (AvgIpc) is 3.25. The second-order valence-corrected chi connectivity index (χ2v) is 7.79. The minimum Gasteiger partial charge on any atom is -0.493 e. The Morgan fingerprint density at radius 3 is 2.72 bits per heavy atom. The molecular formula is C24H22N4O3S. The number of aromatic amines is 1. The second-order valence-electron chi connectivity index (χ2n) is 6.83. The fourth-order valence-corrected chi connectivity index (χ4v) is 3.64. The van der Waals surface area contributed by atoms with E-state index >= 15 is 0 Å². The number of fused-ring (bicyclic) bond motifs is 1. The largest absolute Gasteiger partial charge is 0.493 e. The molecule has 2 N–H and O–H groups in total. The monoisotopic (exact) mass is 446 g/mol. The van der Waals surface area contributed by atoms with E-state index in [1.54, 1.807) is 19.4 Å². The van der Waals surface area contributed by atoms with Gasteiger partial charge in [-0.1, -0.05) is 54.2 Å². The number of thioether (sulfide) groups is 1. The molecule has 1 aromatic heterocycles. The first-order chi connectivity index (χ1) is 15.7. The molecule has 32 heavy (non-hydrogen) atoms. The molecule has 8 heteroatoms. The highest BCUT2D eigenvalue weighted by Gasteiger charge is 2.07. The standard InChI is InChI=1S/C24H22N4O3S/c1-30-22-13-18(11-12-21(22)31-15-17-7-3-2-4-8-17)14-25-28-23(29)16-32-24-26-19-9-5-6-10-20(19)27-24/h2-14H,15-16H2,1H3,(H,26,27)(H,28,29). The number of benzene rings is 3. The lowest BCUT2D eigenvalue weighted by atomic mass is 10.2. The molecule has 0 atom stereocenters. The number of methoxy groups -OCH3 is 1. The lowest BCUT2D eigenvalue weighted by Crippen LogP contribution is -2.19. The first-order valence-electron chi connectivity index (χ1n) is 9.95. The van der Waals surface area contributed by atoms with Gasteiger partial charge < -0.3 is 14.5 Å². The van der Waals surface area contributed by atoms with Crippen molar-refractivity contribution in [2.24, 2.45) is 5.10 Å². The van der Waals surface area contributed by atoms with Gasteiger partial charge in [0.05, 0.1) is 30.1 Å². The summed E-state index contributed by atoms with van der Waals surface area (Å²) in [5.41, 5.74) is 6.20. The van der Waals surface area contributed by atoms with E-state index in [9.17, 15) is 4.79 Å². The average molecular weight is 447 g/mol. The zero-order valence-corrected chi connectivity index (χ0v) is 18.3. The van der Waals surface area contributed by atoms with Gasteiger partial charge in [0.15, 0.2) is 16.7 Å². The number of nitrogens with one attached hydrogen (secondary N) is 2. The number of H-pyrrole nitrogens is 1. The van der Waals surface area contributed by atoms with Crippen LogP contribution in [-0.4, -0.2) is 35.0 Å². The number of nitrogens with zero attached hydrogens (tertiary/aromatic N) is 2. The lowest BCUT2D eigenvalue weighted by molar-refractivity contribution is -0.118. The Morgan fingerprint density at radius 1 is 1.09 bits per heavy atom. The van der Waals surface area contributed by atoms with E-state index < -0.39 is 0 Å². The molecule has 7 nitrogen and oxygen atoms in total. The van der Waals surface area contributed by atoms with Crippen molar-refractivity contribution in [3.8, 4) is 11.5 Å². The smallest absolute Gasteiger partial charge is 0.250 e. The molecule has 0 radical (unpaired) electrons. The highest BCUT2D eigenvalue weighted by atomic mass is 32.2. The van der Waals surface area contributed by atoms with Crippen molar-refractivity contribution in [3.05, 3.63) is 83.9 Å². The van der Waals surface area contributed by atoms with E-state index in [0.717, 1.165) is 22.2 Å². The van der Waals surface area contributed by atoms with Crippen LogP contribution in [0.4, 0.5) is 0 Å². The number of imidazole rings is 1. The Balaban J connectivity index is 1.28. The van der Waals surface area contributed by atoms with E-state index in [1.165, 1.54) is 11.8 Å². The molecular weight excluding hydrogens is 424 g/mol. The summed E-state index contributed by atoms with van der Waals surface area (Å²) in [4.78, 5) is 19.7. The normalized spacial score (nSPS) is 11.0. The summed E-state index contributed by atoms with van der Waals surface area (Å²) in [6.07, 6.45) is 1.56. The first kappa shape index (κ1) is 21.5. The number of para-hydroxylation sites is 2. The summed E-state index contributed by atoms with van der Waals surface area (Å²) in [6, 6.07) is 23.1. The van der Waals surface area contributed by atoms with Crippen molar-refractivity contribution < 1.29 is 14.3 Å². The summed E-state index contributed by atoms with van der Waals surface area (Å²) in [5.74, 6) is 1.21. The van der Waals surface area contributed by atoms with Crippen LogP contribution in [0.15, 0.2) is 83.1 Å². The molecule has 4 aromatic rings. The van der Waals surface area contributed by atoms with Crippen LogP contribution in [0, 0.1) is 0 Å². The molecule has 0 aliphatic rings. The van der Waals surface area contributed by atoms with Crippen LogP contribution in [0.3, 0.4) is 0 Å². The molecule has 0 fully saturated rings. The number of aromatic nitrogens is 2. The van der Waals surface area contributed by atoms with E-state index in [-0.39, 0.29) is 11.7 Å². The Kier molecular flexibility index (Phi) is 7.04. The molecule has 0 bridgehead atoms. The van der Waals surface area contributed by atoms with Gasteiger partial charge in [-0.05, 0) is 41.5 Å². The molecule has 0 saturated heterocycles. The lowest BCUT2D eigenvalue weighted by Gasteiger charge is -2.11. The summed E-state index contributed by atoms with van der Waals surface area (Å²) in [7, 11) is 1.59. The predicted octanol–water partition coefficient (Wildman–Crippen LogP) is 4.39. The van der Waals surface area contributed by atoms with Crippen molar-refractivity contribution in [2.75, 3.05) is 12.9 Å². The Labute approximate surface area is 189 Å². The van der Waals surface area contributed by atoms with Gasteiger partial charge in [-0.25, -0.2) is 10.4 Å². The predicted molar refractivity (Wildman–Crippen MR) is 126 cm³/mol. The molecule has 0 aliphatic heterocycles. The number of ether oxygens (including phenoxy) is 2. The number of rotatable bonds is 9. The van der Waals surface area contributed by atoms with Crippen LogP contribution in [0.2, 0.25) is 0 Å². The van der Waals surface area contributed by atoms with Crippen molar-refractivity contribution in [3.63, 3.8) is 0 Å². The molecule has 162 valence electrons. The van der Waals surface area contributed by atoms with Gasteiger partial charge >= 0.3 is 0 Å². The zero-order valence-electron chi connectivity index (χ0n) is 17.4. The third-order valence-electron chi connectivity index (χ3n) is 4.54. The summed E-state index contributed by atoms with van der Waals surface area (Å²) in [5, 5.41) is 4.73. The topological polar surface area (TPSA) is 88.6 Å². The Morgan fingerprint density at radius 2 is 1.91 bits per heavy atom. The van der Waals surface area contributed by atoms with Crippen LogP contribution in [0.1, 0.15) is 11.1 Å². The van der Waals surface area contributed by atoms with Crippen molar-refractivity contribution in [1.29, 1.82) is 0 Å². The van der Waals surface area contributed by atoms with Gasteiger partial charge in [-0.3, -0.25) is 4.79 Å². The fraction of sp³-hybridized carbons (Fsp3) is 0.125. The molecule has 1 amide bonds. The van der Waals surface area contributed by atoms with Crippen LogP contribution >= 0.6 is 11.8 Å². The number of hydrogen-bond donors (Lipinski definition) is 2. The zero-order chi connectivity index (χ0) is 22.2. The highest BCUT2D eigenvalue weighted by Crippen LogP contribution is 2.28. The third kappa shape index (κ3) is 5.67. The van der Waals surface area contributed by atoms with Gasteiger partial charge in [-0.15, -0.1) is 0 Å². The minimum absolute atomic E-state index is 0.201. The maximum atomic E-state index is 12.1. The number of carbonyl (C=O) groups excluding carboxylic acids is 1. The second kappa shape index (κ2) is 10.5. The number of amides is 1. The maximum absolute atomic E-state index is 12.1. The number of hydrogen-bond acceptors (Lipinski definition) is 6. The minimum atomic E-state index is -0.221. The van der Waals surface area contributed by atoms with E-state index in [4.69, 9.17) is 9.47 Å². The SMILES string of the molecule is COc1cc(C=NNC(=O)CSc2nc3ccccc3[nH]2)ccc1OCc1ccccc1. The van der Waals surface area contributed by atoms with Crippen molar-refractivity contribution >= 4 is 34.9 Å². The molecule has 0 saturated carbocycles. The van der Waals surface area contributed by atoms with Crippen LogP contribution in [0.25, 0.3) is 11.0 Å². The maximum Gasteiger partial charge on any atom is 0.250 e. The summed E-state index contributed by atoms with van der Waals surface area (Å²) >= 11 is 1.32. The fourth-order valence-electron chi connectivity index (χ4n) is 2.96. The van der Waals surface area contributed by atoms with E-state index in [1.807, 2.05) is 66.7 Å². The van der Waals surface area contributed by atoms with Crippen molar-refractivity contribution in [2.45, 2.75) is 11.8 Å². The highest BCUT2D eigenvalue weighted by molar-refractivity contribution is 7.99. The van der Waals surface area contributed by atoms with Gasteiger partial charge in [0, 0.05) is 0 Å².